The number of rotatable bonds is 4. The highest BCUT2D eigenvalue weighted by Crippen LogP contribution is 2.20. The van der Waals surface area contributed by atoms with Crippen LogP contribution in [0.5, 0.6) is 0 Å². The van der Waals surface area contributed by atoms with Gasteiger partial charge in [0.1, 0.15) is 0 Å². The maximum absolute atomic E-state index is 10.8. The fourth-order valence-electron chi connectivity index (χ4n) is 1.43. The Hall–Kier alpha value is -1.57. The molecule has 0 bridgehead atoms. The molecule has 14 heavy (non-hydrogen) atoms. The van der Waals surface area contributed by atoms with Crippen LogP contribution < -0.4 is 0 Å². The maximum Gasteiger partial charge on any atom is 0.310 e. The van der Waals surface area contributed by atoms with Crippen LogP contribution in [-0.4, -0.2) is 11.1 Å². The summed E-state index contributed by atoms with van der Waals surface area (Å²) in [6, 6.07) is 7.58. The van der Waals surface area contributed by atoms with Crippen molar-refractivity contribution < 1.29 is 9.90 Å². The van der Waals surface area contributed by atoms with Gasteiger partial charge in [-0.05, 0) is 24.5 Å². The Balaban J connectivity index is 3.05. The van der Waals surface area contributed by atoms with Crippen LogP contribution >= 0.6 is 0 Å². The molecule has 1 N–H and O–H groups in total. The van der Waals surface area contributed by atoms with Gasteiger partial charge in [0.25, 0.3) is 0 Å². The molecule has 0 amide bonds. The van der Waals surface area contributed by atoms with Gasteiger partial charge < -0.3 is 5.11 Å². The van der Waals surface area contributed by atoms with Gasteiger partial charge >= 0.3 is 5.97 Å². The molecule has 0 spiro atoms. The Bertz CT molecular complexity index is 342. The lowest BCUT2D eigenvalue weighted by molar-refractivity contribution is -0.138. The normalized spacial score (nSPS) is 12.1. The van der Waals surface area contributed by atoms with Crippen molar-refractivity contribution in [2.75, 3.05) is 0 Å². The summed E-state index contributed by atoms with van der Waals surface area (Å²) in [4.78, 5) is 10.8. The van der Waals surface area contributed by atoms with Crippen LogP contribution in [0.3, 0.4) is 0 Å². The molecule has 74 valence electrons. The highest BCUT2D eigenvalue weighted by atomic mass is 16.4. The summed E-state index contributed by atoms with van der Waals surface area (Å²) in [5, 5.41) is 8.90. The Kier molecular flexibility index (Phi) is 3.46. The average molecular weight is 190 g/mol. The van der Waals surface area contributed by atoms with Gasteiger partial charge in [-0.3, -0.25) is 4.79 Å². The quantitative estimate of drug-likeness (QED) is 0.741. The van der Waals surface area contributed by atoms with Crippen molar-refractivity contribution in [3.8, 4) is 0 Å². The van der Waals surface area contributed by atoms with E-state index < -0.39 is 11.9 Å². The zero-order valence-corrected chi connectivity index (χ0v) is 8.23. The summed E-state index contributed by atoms with van der Waals surface area (Å²) in [6.07, 6.45) is 2.50. The van der Waals surface area contributed by atoms with Gasteiger partial charge in [-0.1, -0.05) is 30.3 Å². The average Bonchev–Trinajstić information content (AvgIpc) is 2.18. The van der Waals surface area contributed by atoms with Gasteiger partial charge in [0.2, 0.25) is 0 Å². The molecule has 0 aliphatic rings. The second-order valence-corrected chi connectivity index (χ2v) is 3.25. The van der Waals surface area contributed by atoms with Gasteiger partial charge in [-0.25, -0.2) is 0 Å². The predicted molar refractivity (Wildman–Crippen MR) is 56.4 cm³/mol. The van der Waals surface area contributed by atoms with E-state index in [1.807, 2.05) is 24.3 Å². The van der Waals surface area contributed by atoms with E-state index in [1.165, 1.54) is 0 Å². The first-order valence-corrected chi connectivity index (χ1v) is 4.58. The molecule has 0 aliphatic heterocycles. The van der Waals surface area contributed by atoms with Gasteiger partial charge in [-0.15, -0.1) is 6.58 Å². The summed E-state index contributed by atoms with van der Waals surface area (Å²) < 4.78 is 0. The number of carboxylic acid groups (broad SMARTS) is 1. The molecule has 2 heteroatoms. The summed E-state index contributed by atoms with van der Waals surface area (Å²) in [5.74, 6) is -1.24. The number of aliphatic carboxylic acids is 1. The SMILES string of the molecule is C=CCc1ccccc1C(C)C(=O)O. The summed E-state index contributed by atoms with van der Waals surface area (Å²) in [7, 11) is 0. The standard InChI is InChI=1S/C12H14O2/c1-3-6-10-7-4-5-8-11(10)9(2)12(13)14/h3-5,7-9H,1,6H2,2H3,(H,13,14). The highest BCUT2D eigenvalue weighted by molar-refractivity contribution is 5.76. The fraction of sp³-hybridized carbons (Fsp3) is 0.250. The molecule has 0 saturated heterocycles. The second-order valence-electron chi connectivity index (χ2n) is 3.25. The number of hydrogen-bond donors (Lipinski definition) is 1. The van der Waals surface area contributed by atoms with Crippen LogP contribution in [0, 0.1) is 0 Å². The third-order valence-electron chi connectivity index (χ3n) is 2.26. The van der Waals surface area contributed by atoms with Gasteiger partial charge in [0, 0.05) is 0 Å². The monoisotopic (exact) mass is 190 g/mol. The Morgan fingerprint density at radius 1 is 1.57 bits per heavy atom. The van der Waals surface area contributed by atoms with E-state index in [1.54, 1.807) is 13.0 Å². The van der Waals surface area contributed by atoms with Gasteiger partial charge in [-0.2, -0.15) is 0 Å². The van der Waals surface area contributed by atoms with Crippen LogP contribution in [0.25, 0.3) is 0 Å². The topological polar surface area (TPSA) is 37.3 Å². The van der Waals surface area contributed by atoms with Crippen molar-refractivity contribution in [1.29, 1.82) is 0 Å². The Morgan fingerprint density at radius 3 is 2.79 bits per heavy atom. The summed E-state index contributed by atoms with van der Waals surface area (Å²) in [6.45, 7) is 5.35. The third-order valence-corrected chi connectivity index (χ3v) is 2.26. The molecule has 0 fully saturated rings. The van der Waals surface area contributed by atoms with E-state index in [9.17, 15) is 4.79 Å². The molecule has 1 rings (SSSR count). The molecule has 1 atom stereocenters. The minimum absolute atomic E-state index is 0.453. The van der Waals surface area contributed by atoms with E-state index >= 15 is 0 Å². The van der Waals surface area contributed by atoms with Crippen LogP contribution in [0.2, 0.25) is 0 Å². The van der Waals surface area contributed by atoms with Crippen molar-refractivity contribution in [2.45, 2.75) is 19.3 Å². The summed E-state index contributed by atoms with van der Waals surface area (Å²) >= 11 is 0. The molecular weight excluding hydrogens is 176 g/mol. The first-order valence-electron chi connectivity index (χ1n) is 4.58. The van der Waals surface area contributed by atoms with Gasteiger partial charge in [0.05, 0.1) is 5.92 Å². The highest BCUT2D eigenvalue weighted by Gasteiger charge is 2.15. The van der Waals surface area contributed by atoms with Gasteiger partial charge in [0.15, 0.2) is 0 Å². The third kappa shape index (κ3) is 2.22. The zero-order chi connectivity index (χ0) is 10.6. The Labute approximate surface area is 83.9 Å². The molecule has 1 aromatic carbocycles. The van der Waals surface area contributed by atoms with Crippen molar-refractivity contribution in [3.05, 3.63) is 48.0 Å². The molecule has 0 aromatic heterocycles. The molecular formula is C12H14O2. The van der Waals surface area contributed by atoms with Crippen molar-refractivity contribution in [2.24, 2.45) is 0 Å². The molecule has 1 aromatic rings. The molecule has 0 aliphatic carbocycles. The lowest BCUT2D eigenvalue weighted by Crippen LogP contribution is -2.09. The van der Waals surface area contributed by atoms with E-state index in [4.69, 9.17) is 5.11 Å². The first-order chi connectivity index (χ1) is 6.66. The predicted octanol–water partition coefficient (Wildman–Crippen LogP) is 2.60. The summed E-state index contributed by atoms with van der Waals surface area (Å²) in [5.41, 5.74) is 1.91. The number of carboxylic acids is 1. The minimum Gasteiger partial charge on any atom is -0.481 e. The van der Waals surface area contributed by atoms with Crippen molar-refractivity contribution in [1.82, 2.24) is 0 Å². The smallest absolute Gasteiger partial charge is 0.310 e. The number of benzene rings is 1. The zero-order valence-electron chi connectivity index (χ0n) is 8.23. The fourth-order valence-corrected chi connectivity index (χ4v) is 1.43. The largest absolute Gasteiger partial charge is 0.481 e. The van der Waals surface area contributed by atoms with Crippen molar-refractivity contribution in [3.63, 3.8) is 0 Å². The van der Waals surface area contributed by atoms with E-state index in [0.29, 0.717) is 6.42 Å². The van der Waals surface area contributed by atoms with E-state index in [-0.39, 0.29) is 0 Å². The molecule has 0 saturated carbocycles. The lowest BCUT2D eigenvalue weighted by Gasteiger charge is -2.11. The minimum atomic E-state index is -0.790. The molecule has 2 nitrogen and oxygen atoms in total. The van der Waals surface area contributed by atoms with Crippen LogP contribution in [0.4, 0.5) is 0 Å². The second kappa shape index (κ2) is 4.61. The molecule has 1 unspecified atom stereocenters. The van der Waals surface area contributed by atoms with E-state index in [2.05, 4.69) is 6.58 Å². The molecule has 0 heterocycles. The molecule has 0 radical (unpaired) electrons. The first kappa shape index (κ1) is 10.5. The number of carbonyl (C=O) groups is 1. The van der Waals surface area contributed by atoms with Crippen LogP contribution in [0.1, 0.15) is 24.0 Å². The number of hydrogen-bond acceptors (Lipinski definition) is 1. The lowest BCUT2D eigenvalue weighted by atomic mass is 9.94. The Morgan fingerprint density at radius 2 is 2.21 bits per heavy atom. The van der Waals surface area contributed by atoms with Crippen LogP contribution in [-0.2, 0) is 11.2 Å². The van der Waals surface area contributed by atoms with E-state index in [0.717, 1.165) is 11.1 Å². The van der Waals surface area contributed by atoms with Crippen LogP contribution in [0.15, 0.2) is 36.9 Å². The number of allylic oxidation sites excluding steroid dienone is 1. The maximum atomic E-state index is 10.8. The van der Waals surface area contributed by atoms with Crippen molar-refractivity contribution >= 4 is 5.97 Å².